The van der Waals surface area contributed by atoms with E-state index in [4.69, 9.17) is 11.0 Å². The second-order valence-electron chi connectivity index (χ2n) is 3.34. The number of nitrogen functional groups attached to an aromatic ring is 1. The van der Waals surface area contributed by atoms with E-state index >= 15 is 0 Å². The minimum Gasteiger partial charge on any atom is -0.383 e. The van der Waals surface area contributed by atoms with Crippen LogP contribution in [-0.2, 0) is 7.05 Å². The molecule has 14 heavy (non-hydrogen) atoms. The zero-order chi connectivity index (χ0) is 10.1. The van der Waals surface area contributed by atoms with Crippen LogP contribution in [0.2, 0.25) is 0 Å². The summed E-state index contributed by atoms with van der Waals surface area (Å²) in [7, 11) is 1.72. The molecule has 2 rings (SSSR count). The molecule has 0 radical (unpaired) electrons. The highest BCUT2D eigenvalue weighted by Gasteiger charge is 2.21. The third-order valence-electron chi connectivity index (χ3n) is 2.33. The van der Waals surface area contributed by atoms with Crippen molar-refractivity contribution in [2.75, 3.05) is 24.1 Å². The first-order valence-corrected chi connectivity index (χ1v) is 4.42. The minimum atomic E-state index is 0.358. The van der Waals surface area contributed by atoms with Gasteiger partial charge in [-0.2, -0.15) is 10.4 Å². The maximum absolute atomic E-state index is 8.88. The summed E-state index contributed by atoms with van der Waals surface area (Å²) in [6.45, 7) is 1.81. The fourth-order valence-electron chi connectivity index (χ4n) is 1.33. The van der Waals surface area contributed by atoms with Crippen molar-refractivity contribution in [1.82, 2.24) is 15.1 Å². The molecule has 1 aliphatic rings. The van der Waals surface area contributed by atoms with Crippen LogP contribution in [0.25, 0.3) is 0 Å². The number of anilines is 2. The lowest BCUT2D eigenvalue weighted by atomic mass is 10.2. The summed E-state index contributed by atoms with van der Waals surface area (Å²) < 4.78 is 1.51. The lowest BCUT2D eigenvalue weighted by molar-refractivity contribution is 0.470. The fourth-order valence-corrected chi connectivity index (χ4v) is 1.33. The zero-order valence-corrected chi connectivity index (χ0v) is 7.91. The van der Waals surface area contributed by atoms with Gasteiger partial charge < -0.3 is 16.4 Å². The molecular weight excluding hydrogens is 180 g/mol. The fraction of sp³-hybridized carbons (Fsp3) is 0.500. The second-order valence-corrected chi connectivity index (χ2v) is 3.34. The Balaban J connectivity index is 2.23. The molecule has 0 amide bonds. The van der Waals surface area contributed by atoms with Crippen molar-refractivity contribution in [2.24, 2.45) is 7.05 Å². The molecule has 0 aromatic carbocycles. The van der Waals surface area contributed by atoms with E-state index in [9.17, 15) is 0 Å². The van der Waals surface area contributed by atoms with Gasteiger partial charge in [0.05, 0.1) is 6.04 Å². The third-order valence-corrected chi connectivity index (χ3v) is 2.33. The van der Waals surface area contributed by atoms with E-state index < -0.39 is 0 Å². The Bertz CT molecular complexity index is 383. The Labute approximate surface area is 81.7 Å². The van der Waals surface area contributed by atoms with E-state index in [0.717, 1.165) is 13.1 Å². The molecular formula is C8H12N6. The van der Waals surface area contributed by atoms with Crippen LogP contribution in [0, 0.1) is 11.3 Å². The van der Waals surface area contributed by atoms with Crippen molar-refractivity contribution in [2.45, 2.75) is 6.04 Å². The molecule has 0 aliphatic carbocycles. The lowest BCUT2D eigenvalue weighted by Gasteiger charge is -2.27. The maximum Gasteiger partial charge on any atom is 0.168 e. The normalized spacial score (nSPS) is 16.0. The van der Waals surface area contributed by atoms with Gasteiger partial charge in [-0.25, -0.2) is 4.68 Å². The monoisotopic (exact) mass is 192 g/mol. The standard InChI is InChI=1S/C8H12N6/c1-14-7(10)6(2-9)8(13-14)12-5-3-11-4-5/h5,11H,3-4,10H2,1H3,(H,12,13). The first kappa shape index (κ1) is 8.84. The number of hydrogen-bond acceptors (Lipinski definition) is 5. The van der Waals surface area contributed by atoms with Crippen LogP contribution >= 0.6 is 0 Å². The van der Waals surface area contributed by atoms with Gasteiger partial charge in [0.2, 0.25) is 0 Å². The first-order chi connectivity index (χ1) is 6.72. The topological polar surface area (TPSA) is 91.7 Å². The van der Waals surface area contributed by atoms with Crippen molar-refractivity contribution in [3.63, 3.8) is 0 Å². The largest absolute Gasteiger partial charge is 0.383 e. The molecule has 1 saturated heterocycles. The summed E-state index contributed by atoms with van der Waals surface area (Å²) in [5.74, 6) is 0.987. The first-order valence-electron chi connectivity index (χ1n) is 4.42. The molecule has 0 bridgehead atoms. The Morgan fingerprint density at radius 3 is 2.93 bits per heavy atom. The van der Waals surface area contributed by atoms with Gasteiger partial charge in [0.1, 0.15) is 17.5 Å². The van der Waals surface area contributed by atoms with E-state index in [1.54, 1.807) is 7.05 Å². The van der Waals surface area contributed by atoms with Gasteiger partial charge in [-0.1, -0.05) is 0 Å². The molecule has 0 unspecified atom stereocenters. The zero-order valence-electron chi connectivity index (χ0n) is 7.91. The van der Waals surface area contributed by atoms with Crippen molar-refractivity contribution >= 4 is 11.6 Å². The second kappa shape index (κ2) is 3.20. The Kier molecular flexibility index (Phi) is 2.02. The average Bonchev–Trinajstić information content (AvgIpc) is 2.36. The Hall–Kier alpha value is -1.74. The molecule has 2 heterocycles. The van der Waals surface area contributed by atoms with Gasteiger partial charge in [-0.15, -0.1) is 0 Å². The Morgan fingerprint density at radius 1 is 1.71 bits per heavy atom. The van der Waals surface area contributed by atoms with Crippen LogP contribution in [0.15, 0.2) is 0 Å². The maximum atomic E-state index is 8.88. The molecule has 0 atom stereocenters. The number of nitrogens with two attached hydrogens (primary N) is 1. The summed E-state index contributed by atoms with van der Waals surface area (Å²) in [5.41, 5.74) is 6.10. The summed E-state index contributed by atoms with van der Waals surface area (Å²) in [4.78, 5) is 0. The average molecular weight is 192 g/mol. The van der Waals surface area contributed by atoms with Gasteiger partial charge in [-0.3, -0.25) is 0 Å². The van der Waals surface area contributed by atoms with E-state index in [2.05, 4.69) is 15.7 Å². The van der Waals surface area contributed by atoms with Gasteiger partial charge in [-0.05, 0) is 0 Å². The summed E-state index contributed by atoms with van der Waals surface area (Å²) in [6.07, 6.45) is 0. The van der Waals surface area contributed by atoms with Crippen LogP contribution in [0.3, 0.4) is 0 Å². The molecule has 74 valence electrons. The van der Waals surface area contributed by atoms with Gasteiger partial charge in [0, 0.05) is 20.1 Å². The summed E-state index contributed by atoms with van der Waals surface area (Å²) in [6, 6.07) is 2.40. The van der Waals surface area contributed by atoms with Crippen molar-refractivity contribution in [3.8, 4) is 6.07 Å². The van der Waals surface area contributed by atoms with Crippen LogP contribution in [-0.4, -0.2) is 28.9 Å². The molecule has 1 fully saturated rings. The number of nitrogens with zero attached hydrogens (tertiary/aromatic N) is 3. The molecule has 6 heteroatoms. The predicted octanol–water partition coefficient (Wildman–Crippen LogP) is -0.742. The van der Waals surface area contributed by atoms with Crippen molar-refractivity contribution in [3.05, 3.63) is 5.56 Å². The number of aromatic nitrogens is 2. The summed E-state index contributed by atoms with van der Waals surface area (Å²) in [5, 5.41) is 19.3. The van der Waals surface area contributed by atoms with Gasteiger partial charge in [0.15, 0.2) is 5.82 Å². The number of aryl methyl sites for hydroxylation is 1. The lowest BCUT2D eigenvalue weighted by Crippen LogP contribution is -2.51. The number of hydrogen-bond donors (Lipinski definition) is 3. The highest BCUT2D eigenvalue weighted by Crippen LogP contribution is 2.20. The molecule has 1 aromatic rings. The van der Waals surface area contributed by atoms with E-state index in [-0.39, 0.29) is 0 Å². The SMILES string of the molecule is Cn1nc(NC2CNC2)c(C#N)c1N. The predicted molar refractivity (Wildman–Crippen MR) is 52.6 cm³/mol. The molecule has 1 aliphatic heterocycles. The molecule has 0 spiro atoms. The van der Waals surface area contributed by atoms with E-state index in [1.807, 2.05) is 6.07 Å². The third kappa shape index (κ3) is 1.28. The van der Waals surface area contributed by atoms with Crippen molar-refractivity contribution in [1.29, 1.82) is 5.26 Å². The van der Waals surface area contributed by atoms with Crippen LogP contribution in [0.5, 0.6) is 0 Å². The van der Waals surface area contributed by atoms with Gasteiger partial charge >= 0.3 is 0 Å². The van der Waals surface area contributed by atoms with Crippen LogP contribution in [0.4, 0.5) is 11.6 Å². The molecule has 0 saturated carbocycles. The summed E-state index contributed by atoms with van der Waals surface area (Å²) >= 11 is 0. The highest BCUT2D eigenvalue weighted by atomic mass is 15.3. The van der Waals surface area contributed by atoms with Gasteiger partial charge in [0.25, 0.3) is 0 Å². The van der Waals surface area contributed by atoms with E-state index in [0.29, 0.717) is 23.2 Å². The van der Waals surface area contributed by atoms with Crippen LogP contribution < -0.4 is 16.4 Å². The number of nitrogens with one attached hydrogen (secondary N) is 2. The smallest absolute Gasteiger partial charge is 0.168 e. The molecule has 6 nitrogen and oxygen atoms in total. The highest BCUT2D eigenvalue weighted by molar-refractivity contribution is 5.64. The number of nitriles is 1. The molecule has 1 aromatic heterocycles. The quantitative estimate of drug-likeness (QED) is 0.574. The molecule has 4 N–H and O–H groups in total. The minimum absolute atomic E-state index is 0.358. The van der Waals surface area contributed by atoms with Crippen molar-refractivity contribution < 1.29 is 0 Å². The number of rotatable bonds is 2. The van der Waals surface area contributed by atoms with Crippen LogP contribution in [0.1, 0.15) is 5.56 Å². The van der Waals surface area contributed by atoms with E-state index in [1.165, 1.54) is 4.68 Å². The Morgan fingerprint density at radius 2 is 2.43 bits per heavy atom.